The molecule has 1 fully saturated rings. The van der Waals surface area contributed by atoms with Gasteiger partial charge in [0.2, 0.25) is 0 Å². The third kappa shape index (κ3) is 2.41. The zero-order valence-electron chi connectivity index (χ0n) is 9.13. The van der Waals surface area contributed by atoms with E-state index in [1.54, 1.807) is 6.33 Å². The molecule has 0 saturated heterocycles. The first-order valence-electron chi connectivity index (χ1n) is 5.33. The van der Waals surface area contributed by atoms with Gasteiger partial charge in [-0.05, 0) is 46.8 Å². The molecule has 1 aromatic rings. The first-order valence-corrected chi connectivity index (χ1v) is 6.41. The summed E-state index contributed by atoms with van der Waals surface area (Å²) in [5.74, 6) is 1.72. The van der Waals surface area contributed by atoms with Crippen LogP contribution in [-0.2, 0) is 0 Å². The van der Waals surface area contributed by atoms with Crippen molar-refractivity contribution < 1.29 is 0 Å². The van der Waals surface area contributed by atoms with Crippen molar-refractivity contribution in [1.82, 2.24) is 9.97 Å². The number of rotatable bonds is 4. The Morgan fingerprint density at radius 2 is 2.27 bits per heavy atom. The average Bonchev–Trinajstić information content (AvgIpc) is 2.98. The Balaban J connectivity index is 1.97. The van der Waals surface area contributed by atoms with Crippen LogP contribution in [0.1, 0.15) is 26.7 Å². The summed E-state index contributed by atoms with van der Waals surface area (Å²) in [6, 6.07) is 0. The molecule has 1 aliphatic rings. The second-order valence-corrected chi connectivity index (χ2v) is 5.75. The normalized spacial score (nSPS) is 17.9. The van der Waals surface area contributed by atoms with Crippen LogP contribution in [0.5, 0.6) is 0 Å². The van der Waals surface area contributed by atoms with E-state index in [2.05, 4.69) is 51.7 Å². The van der Waals surface area contributed by atoms with Crippen LogP contribution in [0.25, 0.3) is 0 Å². The monoisotopic (exact) mass is 317 g/mol. The highest BCUT2D eigenvalue weighted by Gasteiger charge is 2.44. The fourth-order valence-electron chi connectivity index (χ4n) is 1.82. The maximum atomic E-state index is 4.24. The molecule has 1 heterocycles. The summed E-state index contributed by atoms with van der Waals surface area (Å²) in [4.78, 5) is 8.22. The van der Waals surface area contributed by atoms with Crippen molar-refractivity contribution in [3.05, 3.63) is 16.1 Å². The Morgan fingerprint density at radius 1 is 1.53 bits per heavy atom. The van der Waals surface area contributed by atoms with Gasteiger partial charge in [0, 0.05) is 12.7 Å². The van der Waals surface area contributed by atoms with Gasteiger partial charge in [0.15, 0.2) is 0 Å². The van der Waals surface area contributed by atoms with Gasteiger partial charge in [0.05, 0.1) is 3.57 Å². The van der Waals surface area contributed by atoms with Gasteiger partial charge in [0.1, 0.15) is 12.1 Å². The predicted molar refractivity (Wildman–Crippen MR) is 69.7 cm³/mol. The third-order valence-corrected chi connectivity index (χ3v) is 4.18. The van der Waals surface area contributed by atoms with Gasteiger partial charge in [-0.15, -0.1) is 0 Å². The second-order valence-electron chi connectivity index (χ2n) is 4.59. The molecule has 0 radical (unpaired) electrons. The van der Waals surface area contributed by atoms with E-state index in [1.807, 2.05) is 6.20 Å². The van der Waals surface area contributed by atoms with E-state index in [0.29, 0.717) is 5.41 Å². The summed E-state index contributed by atoms with van der Waals surface area (Å²) in [5, 5.41) is 3.44. The smallest absolute Gasteiger partial charge is 0.142 e. The Labute approximate surface area is 104 Å². The minimum absolute atomic E-state index is 0.522. The molecule has 1 N–H and O–H groups in total. The molecule has 0 amide bonds. The number of anilines is 1. The minimum atomic E-state index is 0.522. The summed E-state index contributed by atoms with van der Waals surface area (Å²) in [6.07, 6.45) is 6.13. The molecule has 0 unspecified atom stereocenters. The molecule has 0 atom stereocenters. The van der Waals surface area contributed by atoms with Gasteiger partial charge in [-0.2, -0.15) is 0 Å². The quantitative estimate of drug-likeness (QED) is 0.868. The van der Waals surface area contributed by atoms with Crippen molar-refractivity contribution in [3.63, 3.8) is 0 Å². The number of aromatic nitrogens is 2. The lowest BCUT2D eigenvalue weighted by molar-refractivity contribution is 0.380. The maximum Gasteiger partial charge on any atom is 0.142 e. The van der Waals surface area contributed by atoms with Gasteiger partial charge in [-0.3, -0.25) is 0 Å². The van der Waals surface area contributed by atoms with E-state index in [0.717, 1.165) is 21.9 Å². The molecule has 4 heteroatoms. The Bertz CT molecular complexity index is 347. The van der Waals surface area contributed by atoms with Crippen LogP contribution in [-0.4, -0.2) is 16.5 Å². The highest BCUT2D eigenvalue weighted by molar-refractivity contribution is 14.1. The van der Waals surface area contributed by atoms with Crippen molar-refractivity contribution in [3.8, 4) is 0 Å². The number of hydrogen-bond donors (Lipinski definition) is 1. The summed E-state index contributed by atoms with van der Waals surface area (Å²) in [7, 11) is 0. The predicted octanol–water partition coefficient (Wildman–Crippen LogP) is 2.93. The number of nitrogens with one attached hydrogen (secondary N) is 1. The second kappa shape index (κ2) is 4.23. The zero-order valence-corrected chi connectivity index (χ0v) is 11.3. The number of hydrogen-bond acceptors (Lipinski definition) is 3. The zero-order chi connectivity index (χ0) is 10.9. The number of nitrogens with zero attached hydrogens (tertiary/aromatic N) is 2. The van der Waals surface area contributed by atoms with E-state index in [-0.39, 0.29) is 0 Å². The lowest BCUT2D eigenvalue weighted by Crippen LogP contribution is -2.21. The summed E-state index contributed by atoms with van der Waals surface area (Å²) >= 11 is 2.26. The van der Waals surface area contributed by atoms with Crippen LogP contribution in [0, 0.1) is 14.9 Å². The van der Waals surface area contributed by atoms with Crippen molar-refractivity contribution in [2.75, 3.05) is 11.9 Å². The first kappa shape index (κ1) is 11.1. The van der Waals surface area contributed by atoms with Crippen LogP contribution in [0.15, 0.2) is 12.5 Å². The topological polar surface area (TPSA) is 37.8 Å². The van der Waals surface area contributed by atoms with E-state index in [4.69, 9.17) is 0 Å². The SMILES string of the molecule is CC(C)C1(CNc2ncncc2I)CC1. The highest BCUT2D eigenvalue weighted by atomic mass is 127. The molecule has 0 spiro atoms. The molecule has 3 nitrogen and oxygen atoms in total. The van der Waals surface area contributed by atoms with Crippen LogP contribution < -0.4 is 5.32 Å². The van der Waals surface area contributed by atoms with Crippen molar-refractivity contribution >= 4 is 28.4 Å². The summed E-state index contributed by atoms with van der Waals surface area (Å²) < 4.78 is 1.09. The maximum absolute atomic E-state index is 4.24. The van der Waals surface area contributed by atoms with Crippen molar-refractivity contribution in [1.29, 1.82) is 0 Å². The molecule has 0 aliphatic heterocycles. The summed E-state index contributed by atoms with van der Waals surface area (Å²) in [6.45, 7) is 5.65. The van der Waals surface area contributed by atoms with E-state index < -0.39 is 0 Å². The van der Waals surface area contributed by atoms with Crippen molar-refractivity contribution in [2.45, 2.75) is 26.7 Å². The largest absolute Gasteiger partial charge is 0.369 e. The fourth-order valence-corrected chi connectivity index (χ4v) is 2.31. The van der Waals surface area contributed by atoms with Crippen LogP contribution >= 0.6 is 22.6 Å². The Morgan fingerprint density at radius 3 is 2.80 bits per heavy atom. The Hall–Kier alpha value is -0.390. The van der Waals surface area contributed by atoms with Gasteiger partial charge in [-0.25, -0.2) is 9.97 Å². The van der Waals surface area contributed by atoms with Crippen LogP contribution in [0.4, 0.5) is 5.82 Å². The molecular weight excluding hydrogens is 301 g/mol. The first-order chi connectivity index (χ1) is 7.14. The van der Waals surface area contributed by atoms with Gasteiger partial charge in [0.25, 0.3) is 0 Å². The average molecular weight is 317 g/mol. The van der Waals surface area contributed by atoms with E-state index in [1.165, 1.54) is 12.8 Å². The molecule has 0 bridgehead atoms. The molecule has 2 rings (SSSR count). The molecule has 0 aromatic carbocycles. The molecule has 15 heavy (non-hydrogen) atoms. The lowest BCUT2D eigenvalue weighted by atomic mass is 9.92. The summed E-state index contributed by atoms with van der Waals surface area (Å²) in [5.41, 5.74) is 0.522. The Kier molecular flexibility index (Phi) is 3.13. The van der Waals surface area contributed by atoms with Crippen molar-refractivity contribution in [2.24, 2.45) is 11.3 Å². The molecule has 1 aliphatic carbocycles. The molecule has 1 aromatic heterocycles. The van der Waals surface area contributed by atoms with E-state index in [9.17, 15) is 0 Å². The molecule has 82 valence electrons. The molecular formula is C11H16IN3. The standard InChI is InChI=1S/C11H16IN3/c1-8(2)11(3-4-11)6-14-10-9(12)5-13-7-15-10/h5,7-8H,3-4,6H2,1-2H3,(H,13,14,15). The number of halogens is 1. The van der Waals surface area contributed by atoms with Gasteiger partial charge < -0.3 is 5.32 Å². The fraction of sp³-hybridized carbons (Fsp3) is 0.636. The minimum Gasteiger partial charge on any atom is -0.369 e. The third-order valence-electron chi connectivity index (χ3n) is 3.39. The highest BCUT2D eigenvalue weighted by Crippen LogP contribution is 2.51. The van der Waals surface area contributed by atoms with Crippen LogP contribution in [0.2, 0.25) is 0 Å². The van der Waals surface area contributed by atoms with Crippen LogP contribution in [0.3, 0.4) is 0 Å². The van der Waals surface area contributed by atoms with Gasteiger partial charge >= 0.3 is 0 Å². The molecule has 1 saturated carbocycles. The lowest BCUT2D eigenvalue weighted by Gasteiger charge is -2.20. The van der Waals surface area contributed by atoms with E-state index >= 15 is 0 Å². The van der Waals surface area contributed by atoms with Gasteiger partial charge in [-0.1, -0.05) is 13.8 Å².